The van der Waals surface area contributed by atoms with E-state index in [9.17, 15) is 9.59 Å². The SMILES string of the molecule is CCCCCCCCCCCCCCOC(=O)CC[S-].CCCCCCCCCCCCCCOC(=O)CC[S-].[CH2]CCCCCCCCCCC.[CH2]CCCCCCCCCCC.[Sn+2]. The first-order valence-electron chi connectivity index (χ1n) is 28.5. The summed E-state index contributed by atoms with van der Waals surface area (Å²) < 4.78 is 10.1. The van der Waals surface area contributed by atoms with E-state index < -0.39 is 0 Å². The molecule has 0 bridgehead atoms. The maximum atomic E-state index is 11.1. The number of rotatable bonds is 48. The minimum absolute atomic E-state index is 0. The van der Waals surface area contributed by atoms with Crippen molar-refractivity contribution in [3.05, 3.63) is 13.8 Å². The van der Waals surface area contributed by atoms with Gasteiger partial charge in [-0.05, 0) is 12.8 Å². The first-order chi connectivity index (χ1) is 31.4. The van der Waals surface area contributed by atoms with Crippen LogP contribution in [0.4, 0.5) is 0 Å². The standard InChI is InChI=1S/2C17H34O2S.2C12H25.Sn/c2*1-2-3-4-5-6-7-8-9-10-11-12-13-15-19-17(18)14-16-20;2*1-3-5-7-9-11-12-10-8-6-4-2;/h2*20H,2-16H2,1H3;2*1,3-12H2,2H3;/q;;;;+2/p-2. The number of hydrogen-bond acceptors (Lipinski definition) is 6. The van der Waals surface area contributed by atoms with Crippen molar-refractivity contribution in [2.24, 2.45) is 0 Å². The maximum Gasteiger partial charge on any atom is 2.00 e. The molecule has 0 N–H and O–H groups in total. The fraction of sp³-hybridized carbons (Fsp3) is 0.931. The molecule has 0 spiro atoms. The average Bonchev–Trinajstić information content (AvgIpc) is 3.29. The van der Waals surface area contributed by atoms with Gasteiger partial charge >= 0.3 is 35.8 Å². The summed E-state index contributed by atoms with van der Waals surface area (Å²) in [6, 6.07) is 0. The van der Waals surface area contributed by atoms with Crippen LogP contribution >= 0.6 is 0 Å². The Bertz CT molecular complexity index is 718. The minimum Gasteiger partial charge on any atom is -0.792 e. The van der Waals surface area contributed by atoms with Crippen molar-refractivity contribution in [1.29, 1.82) is 0 Å². The fourth-order valence-corrected chi connectivity index (χ4v) is 7.88. The molecule has 0 aromatic rings. The molecule has 4 nitrogen and oxygen atoms in total. The van der Waals surface area contributed by atoms with Gasteiger partial charge in [-0.1, -0.05) is 311 Å². The third-order valence-corrected chi connectivity index (χ3v) is 12.2. The third-order valence-electron chi connectivity index (χ3n) is 11.8. The molecule has 0 aromatic carbocycles. The van der Waals surface area contributed by atoms with Crippen LogP contribution in [0.25, 0.3) is 0 Å². The van der Waals surface area contributed by atoms with E-state index in [-0.39, 0.29) is 35.8 Å². The summed E-state index contributed by atoms with van der Waals surface area (Å²) in [5.41, 5.74) is 0. The number of carbonyl (C=O) groups excluding carboxylic acids is 2. The molecule has 0 rings (SSSR count). The smallest absolute Gasteiger partial charge is 0.792 e. The van der Waals surface area contributed by atoms with Crippen LogP contribution in [0.2, 0.25) is 0 Å². The summed E-state index contributed by atoms with van der Waals surface area (Å²) >= 11 is 9.46. The Morgan fingerprint density at radius 1 is 0.308 bits per heavy atom. The number of hydrogen-bond donors (Lipinski definition) is 0. The molecule has 0 fully saturated rings. The Morgan fingerprint density at radius 3 is 0.646 bits per heavy atom. The third kappa shape index (κ3) is 84.8. The van der Waals surface area contributed by atoms with Gasteiger partial charge < -0.3 is 34.7 Å². The van der Waals surface area contributed by atoms with Crippen molar-refractivity contribution in [3.8, 4) is 0 Å². The number of esters is 2. The van der Waals surface area contributed by atoms with Crippen LogP contribution in [-0.4, -0.2) is 60.6 Å². The molecule has 4 radical (unpaired) electrons. The molecular formula is C58H116O4S2Sn. The molecule has 0 aliphatic carbocycles. The van der Waals surface area contributed by atoms with Gasteiger partial charge in [0.2, 0.25) is 0 Å². The van der Waals surface area contributed by atoms with Gasteiger partial charge in [0.1, 0.15) is 0 Å². The summed E-state index contributed by atoms with van der Waals surface area (Å²) in [5, 5.41) is 0. The van der Waals surface area contributed by atoms with E-state index in [0.29, 0.717) is 37.6 Å². The summed E-state index contributed by atoms with van der Waals surface area (Å²) in [7, 11) is 0. The Hall–Kier alpha value is 0.439. The van der Waals surface area contributed by atoms with E-state index in [1.165, 1.54) is 257 Å². The molecule has 65 heavy (non-hydrogen) atoms. The zero-order valence-corrected chi connectivity index (χ0v) is 49.2. The van der Waals surface area contributed by atoms with Crippen LogP contribution in [0.3, 0.4) is 0 Å². The molecule has 0 aliphatic rings. The first kappa shape index (κ1) is 74.4. The van der Waals surface area contributed by atoms with Crippen molar-refractivity contribution in [1.82, 2.24) is 0 Å². The van der Waals surface area contributed by atoms with Crippen molar-refractivity contribution in [2.45, 2.75) is 323 Å². The van der Waals surface area contributed by atoms with E-state index in [4.69, 9.17) is 34.7 Å². The van der Waals surface area contributed by atoms with Crippen LogP contribution in [0.5, 0.6) is 0 Å². The van der Waals surface area contributed by atoms with Gasteiger partial charge in [-0.15, -0.1) is 0 Å². The Kier molecular flexibility index (Phi) is 86.9. The first-order valence-corrected chi connectivity index (χ1v) is 29.7. The molecule has 0 saturated carbocycles. The Balaban J connectivity index is -0.000000252. The summed E-state index contributed by atoms with van der Waals surface area (Å²) in [6.07, 6.45) is 60.4. The quantitative estimate of drug-likeness (QED) is 0.0262. The van der Waals surface area contributed by atoms with Crippen molar-refractivity contribution in [2.75, 3.05) is 24.7 Å². The van der Waals surface area contributed by atoms with Gasteiger partial charge in [0.05, 0.1) is 13.2 Å². The molecule has 388 valence electrons. The van der Waals surface area contributed by atoms with Gasteiger partial charge in [0.15, 0.2) is 0 Å². The number of ether oxygens (including phenoxy) is 2. The van der Waals surface area contributed by atoms with Gasteiger partial charge in [-0.3, -0.25) is 9.59 Å². The van der Waals surface area contributed by atoms with Gasteiger partial charge in [0.25, 0.3) is 0 Å². The molecule has 0 unspecified atom stereocenters. The number of unbranched alkanes of at least 4 members (excludes halogenated alkanes) is 40. The zero-order valence-electron chi connectivity index (χ0n) is 44.7. The van der Waals surface area contributed by atoms with E-state index in [2.05, 4.69) is 41.5 Å². The summed E-state index contributed by atoms with van der Waals surface area (Å²) in [4.78, 5) is 22.1. The average molecular weight is 1060 g/mol. The second-order valence-electron chi connectivity index (χ2n) is 18.5. The van der Waals surface area contributed by atoms with Crippen LogP contribution in [0, 0.1) is 13.8 Å². The van der Waals surface area contributed by atoms with Crippen LogP contribution < -0.4 is 0 Å². The predicted molar refractivity (Wildman–Crippen MR) is 298 cm³/mol. The molecule has 0 atom stereocenters. The maximum absolute atomic E-state index is 11.1. The Labute approximate surface area is 438 Å². The summed E-state index contributed by atoms with van der Waals surface area (Å²) in [5.74, 6) is 0.667. The van der Waals surface area contributed by atoms with Crippen molar-refractivity contribution in [3.63, 3.8) is 0 Å². The van der Waals surface area contributed by atoms with Crippen LogP contribution in [0.15, 0.2) is 0 Å². The zero-order chi connectivity index (χ0) is 47.9. The van der Waals surface area contributed by atoms with Gasteiger partial charge in [-0.2, -0.15) is 11.5 Å². The predicted octanol–water partition coefficient (Wildman–Crippen LogP) is 19.4. The summed E-state index contributed by atoms with van der Waals surface area (Å²) in [6.45, 7) is 17.9. The van der Waals surface area contributed by atoms with E-state index >= 15 is 0 Å². The molecule has 7 heteroatoms. The molecule has 0 aliphatic heterocycles. The van der Waals surface area contributed by atoms with Crippen molar-refractivity contribution >= 4 is 61.1 Å². The van der Waals surface area contributed by atoms with Gasteiger partial charge in [0, 0.05) is 12.8 Å². The molecular weight excluding hydrogens is 943 g/mol. The van der Waals surface area contributed by atoms with Gasteiger partial charge in [-0.25, -0.2) is 0 Å². The number of carbonyl (C=O) groups is 2. The second kappa shape index (κ2) is 75.9. The Morgan fingerprint density at radius 2 is 0.477 bits per heavy atom. The molecule has 0 saturated heterocycles. The molecule has 0 heterocycles. The van der Waals surface area contributed by atoms with E-state index in [1.807, 2.05) is 0 Å². The second-order valence-corrected chi connectivity index (χ2v) is 19.3. The molecule has 0 aromatic heterocycles. The monoisotopic (exact) mass is 1060 g/mol. The topological polar surface area (TPSA) is 52.6 Å². The van der Waals surface area contributed by atoms with Crippen LogP contribution in [-0.2, 0) is 44.3 Å². The largest absolute Gasteiger partial charge is 2.00 e. The van der Waals surface area contributed by atoms with E-state index in [0.717, 1.165) is 25.7 Å². The van der Waals surface area contributed by atoms with E-state index in [1.54, 1.807) is 0 Å². The van der Waals surface area contributed by atoms with Crippen LogP contribution in [0.1, 0.15) is 323 Å². The van der Waals surface area contributed by atoms with Crippen molar-refractivity contribution < 1.29 is 19.1 Å². The molecule has 0 amide bonds. The minimum atomic E-state index is -0.136. The fourth-order valence-electron chi connectivity index (χ4n) is 7.54. The normalized spacial score (nSPS) is 10.5.